The summed E-state index contributed by atoms with van der Waals surface area (Å²) in [5.41, 5.74) is 2.86. The molecule has 0 aromatic carbocycles. The molecule has 0 aliphatic heterocycles. The van der Waals surface area contributed by atoms with Crippen LogP contribution < -0.4 is 0 Å². The second-order valence-corrected chi connectivity index (χ2v) is 5.83. The average Bonchev–Trinajstić information content (AvgIpc) is 3.26. The van der Waals surface area contributed by atoms with Crippen LogP contribution in [0.5, 0.6) is 0 Å². The molecule has 1 N–H and O–H groups in total. The topological polar surface area (TPSA) is 83.2 Å². The van der Waals surface area contributed by atoms with Crippen molar-refractivity contribution in [1.82, 2.24) is 25.0 Å². The third kappa shape index (κ3) is 2.06. The lowest BCUT2D eigenvalue weighted by atomic mass is 10.0. The molecule has 1 saturated carbocycles. The lowest BCUT2D eigenvalue weighted by Crippen LogP contribution is -2.14. The van der Waals surface area contributed by atoms with E-state index in [-0.39, 0.29) is 0 Å². The highest BCUT2D eigenvalue weighted by Gasteiger charge is 2.29. The van der Waals surface area contributed by atoms with Gasteiger partial charge in [-0.1, -0.05) is 6.42 Å². The van der Waals surface area contributed by atoms with Crippen LogP contribution in [0, 0.1) is 17.2 Å². The standard InChI is InChI=1S/C16H16N6/c17-6-4-11-2-1-3-15(11)22-10-12(8-20-22)14-9-19-21-16-13(14)5-7-18-16/h5,7-11,15H,1-4H2,(H,18,21)/t11-,15+/m1/s1. The zero-order valence-electron chi connectivity index (χ0n) is 12.1. The van der Waals surface area contributed by atoms with E-state index in [0.29, 0.717) is 18.4 Å². The molecule has 3 heterocycles. The molecule has 4 rings (SSSR count). The van der Waals surface area contributed by atoms with Crippen molar-refractivity contribution in [1.29, 1.82) is 5.26 Å². The Morgan fingerprint density at radius 1 is 1.36 bits per heavy atom. The van der Waals surface area contributed by atoms with E-state index < -0.39 is 0 Å². The molecule has 0 amide bonds. The number of hydrogen-bond acceptors (Lipinski definition) is 4. The Kier molecular flexibility index (Phi) is 3.11. The van der Waals surface area contributed by atoms with Crippen molar-refractivity contribution in [3.8, 4) is 17.2 Å². The number of nitriles is 1. The van der Waals surface area contributed by atoms with Crippen LogP contribution in [0.2, 0.25) is 0 Å². The summed E-state index contributed by atoms with van der Waals surface area (Å²) >= 11 is 0. The Balaban J connectivity index is 1.70. The fourth-order valence-electron chi connectivity index (χ4n) is 3.48. The monoisotopic (exact) mass is 292 g/mol. The average molecular weight is 292 g/mol. The molecule has 2 atom stereocenters. The van der Waals surface area contributed by atoms with Crippen molar-refractivity contribution in [2.24, 2.45) is 5.92 Å². The van der Waals surface area contributed by atoms with Crippen molar-refractivity contribution in [3.05, 3.63) is 30.9 Å². The maximum atomic E-state index is 8.97. The molecule has 3 aromatic rings. The number of aromatic nitrogens is 5. The van der Waals surface area contributed by atoms with Gasteiger partial charge in [0.05, 0.1) is 24.5 Å². The van der Waals surface area contributed by atoms with E-state index in [0.717, 1.165) is 35.0 Å². The molecule has 0 bridgehead atoms. The van der Waals surface area contributed by atoms with E-state index >= 15 is 0 Å². The summed E-state index contributed by atoms with van der Waals surface area (Å²) in [4.78, 5) is 3.08. The number of hydrogen-bond donors (Lipinski definition) is 1. The zero-order valence-corrected chi connectivity index (χ0v) is 12.1. The predicted molar refractivity (Wildman–Crippen MR) is 81.7 cm³/mol. The van der Waals surface area contributed by atoms with Gasteiger partial charge >= 0.3 is 0 Å². The Labute approximate surface area is 127 Å². The number of nitrogens with one attached hydrogen (secondary N) is 1. The van der Waals surface area contributed by atoms with E-state index in [1.807, 2.05) is 23.1 Å². The Bertz CT molecular complexity index is 840. The van der Waals surface area contributed by atoms with Crippen molar-refractivity contribution < 1.29 is 0 Å². The highest BCUT2D eigenvalue weighted by Crippen LogP contribution is 2.38. The van der Waals surface area contributed by atoms with Crippen LogP contribution in [-0.2, 0) is 0 Å². The predicted octanol–water partition coefficient (Wildman–Crippen LogP) is 3.08. The second-order valence-electron chi connectivity index (χ2n) is 5.83. The normalized spacial score (nSPS) is 21.2. The first-order valence-electron chi connectivity index (χ1n) is 7.57. The summed E-state index contributed by atoms with van der Waals surface area (Å²) in [6.45, 7) is 0. The smallest absolute Gasteiger partial charge is 0.160 e. The van der Waals surface area contributed by atoms with E-state index in [1.165, 1.54) is 6.42 Å². The largest absolute Gasteiger partial charge is 0.345 e. The second kappa shape index (κ2) is 5.26. The van der Waals surface area contributed by atoms with Crippen LogP contribution in [-0.4, -0.2) is 25.0 Å². The molecule has 1 fully saturated rings. The van der Waals surface area contributed by atoms with Crippen LogP contribution >= 0.6 is 0 Å². The van der Waals surface area contributed by atoms with Gasteiger partial charge in [0.1, 0.15) is 0 Å². The van der Waals surface area contributed by atoms with Gasteiger partial charge < -0.3 is 4.98 Å². The fourth-order valence-corrected chi connectivity index (χ4v) is 3.48. The molecule has 0 saturated heterocycles. The van der Waals surface area contributed by atoms with Crippen molar-refractivity contribution in [3.63, 3.8) is 0 Å². The van der Waals surface area contributed by atoms with Gasteiger partial charge in [-0.15, -0.1) is 5.10 Å². The zero-order chi connectivity index (χ0) is 14.9. The van der Waals surface area contributed by atoms with Gasteiger partial charge in [-0.05, 0) is 24.8 Å². The lowest BCUT2D eigenvalue weighted by molar-refractivity contribution is 0.356. The molecule has 6 nitrogen and oxygen atoms in total. The SMILES string of the molecule is N#CC[C@H]1CCC[C@@H]1n1cc(-c2cnnc3[nH]ccc23)cn1. The number of rotatable bonds is 3. The quantitative estimate of drug-likeness (QED) is 0.804. The van der Waals surface area contributed by atoms with E-state index in [1.54, 1.807) is 6.20 Å². The fraction of sp³-hybridized carbons (Fsp3) is 0.375. The molecular weight excluding hydrogens is 276 g/mol. The van der Waals surface area contributed by atoms with Crippen LogP contribution in [0.1, 0.15) is 31.7 Å². The van der Waals surface area contributed by atoms with Gasteiger partial charge in [0.15, 0.2) is 5.65 Å². The molecular formula is C16H16N6. The van der Waals surface area contributed by atoms with Crippen LogP contribution in [0.3, 0.4) is 0 Å². The maximum Gasteiger partial charge on any atom is 0.160 e. The molecule has 3 aromatic heterocycles. The van der Waals surface area contributed by atoms with Gasteiger partial charge in [0, 0.05) is 35.3 Å². The van der Waals surface area contributed by atoms with Crippen LogP contribution in [0.4, 0.5) is 0 Å². The van der Waals surface area contributed by atoms with Crippen molar-refractivity contribution in [2.45, 2.75) is 31.7 Å². The minimum atomic E-state index is 0.338. The highest BCUT2D eigenvalue weighted by atomic mass is 15.3. The first-order valence-corrected chi connectivity index (χ1v) is 7.57. The first kappa shape index (κ1) is 13.0. The van der Waals surface area contributed by atoms with E-state index in [9.17, 15) is 0 Å². The molecule has 0 unspecified atom stereocenters. The lowest BCUT2D eigenvalue weighted by Gasteiger charge is -2.17. The summed E-state index contributed by atoms with van der Waals surface area (Å²) in [7, 11) is 0. The summed E-state index contributed by atoms with van der Waals surface area (Å²) in [5.74, 6) is 0.417. The van der Waals surface area contributed by atoms with Crippen molar-refractivity contribution >= 4 is 11.0 Å². The number of H-pyrrole nitrogens is 1. The Hall–Kier alpha value is -2.68. The van der Waals surface area contributed by atoms with E-state index in [2.05, 4.69) is 32.5 Å². The highest BCUT2D eigenvalue weighted by molar-refractivity contribution is 5.91. The third-order valence-electron chi connectivity index (χ3n) is 4.58. The number of aromatic amines is 1. The molecule has 6 heteroatoms. The molecule has 110 valence electrons. The summed E-state index contributed by atoms with van der Waals surface area (Å²) in [6, 6.07) is 4.65. The van der Waals surface area contributed by atoms with Gasteiger partial charge in [0.2, 0.25) is 0 Å². The first-order chi connectivity index (χ1) is 10.9. The summed E-state index contributed by atoms with van der Waals surface area (Å²) in [5, 5.41) is 22.7. The summed E-state index contributed by atoms with van der Waals surface area (Å²) in [6.07, 6.45) is 11.6. The van der Waals surface area contributed by atoms with Crippen LogP contribution in [0.25, 0.3) is 22.2 Å². The van der Waals surface area contributed by atoms with Gasteiger partial charge in [-0.25, -0.2) is 0 Å². The third-order valence-corrected chi connectivity index (χ3v) is 4.58. The summed E-state index contributed by atoms with van der Waals surface area (Å²) < 4.78 is 2.03. The molecule has 1 aliphatic rings. The number of nitrogens with zero attached hydrogens (tertiary/aromatic N) is 5. The number of fused-ring (bicyclic) bond motifs is 1. The van der Waals surface area contributed by atoms with E-state index in [4.69, 9.17) is 5.26 Å². The minimum absolute atomic E-state index is 0.338. The molecule has 22 heavy (non-hydrogen) atoms. The maximum absolute atomic E-state index is 8.97. The molecule has 0 spiro atoms. The molecule has 0 radical (unpaired) electrons. The molecule has 1 aliphatic carbocycles. The van der Waals surface area contributed by atoms with Gasteiger partial charge in [-0.2, -0.15) is 15.5 Å². The van der Waals surface area contributed by atoms with Crippen LogP contribution in [0.15, 0.2) is 30.9 Å². The van der Waals surface area contributed by atoms with Gasteiger partial charge in [-0.3, -0.25) is 4.68 Å². The Morgan fingerprint density at radius 3 is 3.23 bits per heavy atom. The Morgan fingerprint density at radius 2 is 2.32 bits per heavy atom. The van der Waals surface area contributed by atoms with Gasteiger partial charge in [0.25, 0.3) is 0 Å². The minimum Gasteiger partial charge on any atom is -0.345 e. The van der Waals surface area contributed by atoms with Crippen molar-refractivity contribution in [2.75, 3.05) is 0 Å².